The normalized spacial score (nSPS) is 10.3. The molecule has 0 aliphatic rings. The summed E-state index contributed by atoms with van der Waals surface area (Å²) in [7, 11) is 1.88. The van der Waals surface area contributed by atoms with E-state index in [0.29, 0.717) is 17.4 Å². The number of aromatic nitrogens is 3. The lowest BCUT2D eigenvalue weighted by Crippen LogP contribution is -2.17. The second kappa shape index (κ2) is 6.27. The second-order valence-corrected chi connectivity index (χ2v) is 4.93. The number of rotatable bonds is 4. The average molecular weight is 309 g/mol. The highest BCUT2D eigenvalue weighted by atomic mass is 16.5. The van der Waals surface area contributed by atoms with Crippen molar-refractivity contribution in [3.05, 3.63) is 60.2 Å². The first kappa shape index (κ1) is 14.7. The van der Waals surface area contributed by atoms with E-state index in [1.807, 2.05) is 42.3 Å². The largest absolute Gasteiger partial charge is 0.360 e. The van der Waals surface area contributed by atoms with Crippen LogP contribution in [0.4, 0.5) is 17.3 Å². The quantitative estimate of drug-likeness (QED) is 0.797. The number of carbonyl (C=O) groups excluding carboxylic acids is 1. The number of nitrogens with one attached hydrogen (secondary N) is 1. The Bertz CT molecular complexity index is 816. The van der Waals surface area contributed by atoms with Crippen LogP contribution in [0.5, 0.6) is 0 Å². The van der Waals surface area contributed by atoms with Crippen LogP contribution in [-0.2, 0) is 0 Å². The van der Waals surface area contributed by atoms with E-state index >= 15 is 0 Å². The first-order chi connectivity index (χ1) is 11.1. The summed E-state index contributed by atoms with van der Waals surface area (Å²) in [4.78, 5) is 22.3. The molecule has 0 bridgehead atoms. The zero-order valence-corrected chi connectivity index (χ0v) is 12.7. The van der Waals surface area contributed by atoms with E-state index in [9.17, 15) is 4.79 Å². The molecule has 0 aliphatic carbocycles. The fraction of sp³-hybridized carbons (Fsp3) is 0.125. The maximum absolute atomic E-state index is 12.2. The zero-order valence-electron chi connectivity index (χ0n) is 12.7. The van der Waals surface area contributed by atoms with Gasteiger partial charge in [0, 0.05) is 24.9 Å². The number of amides is 1. The van der Waals surface area contributed by atoms with Crippen molar-refractivity contribution in [1.82, 2.24) is 15.1 Å². The Kier molecular flexibility index (Phi) is 4.01. The summed E-state index contributed by atoms with van der Waals surface area (Å²) in [5, 5.41) is 6.36. The van der Waals surface area contributed by atoms with Crippen molar-refractivity contribution in [1.29, 1.82) is 0 Å². The minimum absolute atomic E-state index is 0.249. The van der Waals surface area contributed by atoms with Crippen molar-refractivity contribution in [3.8, 4) is 0 Å². The average Bonchev–Trinajstić information content (AvgIpc) is 3.00. The molecule has 1 amide bonds. The second-order valence-electron chi connectivity index (χ2n) is 4.93. The van der Waals surface area contributed by atoms with Gasteiger partial charge in [0.1, 0.15) is 23.6 Å². The van der Waals surface area contributed by atoms with Gasteiger partial charge in [0.05, 0.1) is 0 Å². The summed E-state index contributed by atoms with van der Waals surface area (Å²) < 4.78 is 4.92. The van der Waals surface area contributed by atoms with Gasteiger partial charge in [-0.25, -0.2) is 9.97 Å². The molecule has 3 rings (SSSR count). The van der Waals surface area contributed by atoms with Crippen LogP contribution in [0.2, 0.25) is 0 Å². The maximum Gasteiger partial charge on any atom is 0.275 e. The van der Waals surface area contributed by atoms with Crippen molar-refractivity contribution in [2.45, 2.75) is 6.92 Å². The van der Waals surface area contributed by atoms with Gasteiger partial charge in [0.2, 0.25) is 0 Å². The summed E-state index contributed by atoms with van der Waals surface area (Å²) in [6, 6.07) is 13.0. The number of benzene rings is 1. The Morgan fingerprint density at radius 2 is 1.96 bits per heavy atom. The van der Waals surface area contributed by atoms with Gasteiger partial charge >= 0.3 is 0 Å². The van der Waals surface area contributed by atoms with Crippen LogP contribution in [0.25, 0.3) is 0 Å². The third-order valence-electron chi connectivity index (χ3n) is 3.24. The molecule has 0 atom stereocenters. The third kappa shape index (κ3) is 3.34. The fourth-order valence-electron chi connectivity index (χ4n) is 2.04. The van der Waals surface area contributed by atoms with Crippen molar-refractivity contribution in [3.63, 3.8) is 0 Å². The molecular formula is C16H15N5O2. The first-order valence-electron chi connectivity index (χ1n) is 6.99. The summed E-state index contributed by atoms with van der Waals surface area (Å²) in [5.74, 6) is 1.22. The molecule has 1 aromatic carbocycles. The maximum atomic E-state index is 12.2. The van der Waals surface area contributed by atoms with Crippen LogP contribution in [0, 0.1) is 6.92 Å². The van der Waals surface area contributed by atoms with Crippen molar-refractivity contribution in [2.75, 3.05) is 17.3 Å². The minimum Gasteiger partial charge on any atom is -0.360 e. The van der Waals surface area contributed by atoms with Gasteiger partial charge in [-0.1, -0.05) is 23.4 Å². The number of hydrogen-bond acceptors (Lipinski definition) is 6. The molecular weight excluding hydrogens is 294 g/mol. The highest BCUT2D eigenvalue weighted by molar-refractivity contribution is 6.02. The molecule has 2 aromatic heterocycles. The van der Waals surface area contributed by atoms with Crippen LogP contribution in [0.3, 0.4) is 0 Å². The monoisotopic (exact) mass is 309 g/mol. The minimum atomic E-state index is -0.372. The van der Waals surface area contributed by atoms with Gasteiger partial charge in [-0.2, -0.15) is 0 Å². The van der Waals surface area contributed by atoms with Crippen LogP contribution < -0.4 is 10.2 Å². The summed E-state index contributed by atoms with van der Waals surface area (Å²) in [5.41, 5.74) is 1.21. The Balaban J connectivity index is 1.80. The van der Waals surface area contributed by atoms with Gasteiger partial charge in [-0.3, -0.25) is 4.79 Å². The number of aryl methyl sites for hydroxylation is 1. The molecule has 1 N–H and O–H groups in total. The highest BCUT2D eigenvalue weighted by Crippen LogP contribution is 2.21. The number of anilines is 3. The predicted molar refractivity (Wildman–Crippen MR) is 85.7 cm³/mol. The van der Waals surface area contributed by atoms with Crippen LogP contribution >= 0.6 is 0 Å². The first-order valence-corrected chi connectivity index (χ1v) is 6.99. The van der Waals surface area contributed by atoms with Gasteiger partial charge in [-0.15, -0.1) is 0 Å². The molecule has 116 valence electrons. The lowest BCUT2D eigenvalue weighted by atomic mass is 10.3. The number of nitrogens with zero attached hydrogens (tertiary/aromatic N) is 4. The smallest absolute Gasteiger partial charge is 0.275 e. The molecule has 0 fully saturated rings. The number of carbonyl (C=O) groups is 1. The molecule has 0 unspecified atom stereocenters. The van der Waals surface area contributed by atoms with E-state index in [1.54, 1.807) is 19.1 Å². The van der Waals surface area contributed by atoms with Gasteiger partial charge in [-0.05, 0) is 19.1 Å². The third-order valence-corrected chi connectivity index (χ3v) is 3.24. The summed E-state index contributed by atoms with van der Waals surface area (Å²) in [6.07, 6.45) is 1.36. The molecule has 7 heteroatoms. The molecule has 2 heterocycles. The lowest BCUT2D eigenvalue weighted by molar-refractivity contribution is 0.102. The molecule has 0 aliphatic heterocycles. The Morgan fingerprint density at radius 1 is 1.17 bits per heavy atom. The van der Waals surface area contributed by atoms with Gasteiger partial charge in [0.25, 0.3) is 5.91 Å². The number of para-hydroxylation sites is 1. The van der Waals surface area contributed by atoms with Crippen molar-refractivity contribution < 1.29 is 9.32 Å². The number of hydrogen-bond donors (Lipinski definition) is 1. The predicted octanol–water partition coefficient (Wildman–Crippen LogP) is 2.79. The zero-order chi connectivity index (χ0) is 16.2. The lowest BCUT2D eigenvalue weighted by Gasteiger charge is -2.18. The molecule has 23 heavy (non-hydrogen) atoms. The van der Waals surface area contributed by atoms with E-state index in [-0.39, 0.29) is 11.6 Å². The van der Waals surface area contributed by atoms with E-state index in [2.05, 4.69) is 20.4 Å². The van der Waals surface area contributed by atoms with E-state index < -0.39 is 0 Å². The molecule has 0 saturated carbocycles. The van der Waals surface area contributed by atoms with Gasteiger partial charge < -0.3 is 14.7 Å². The fourth-order valence-corrected chi connectivity index (χ4v) is 2.04. The Hall–Kier alpha value is -3.22. The molecule has 0 saturated heterocycles. The van der Waals surface area contributed by atoms with E-state index in [0.717, 1.165) is 5.69 Å². The molecule has 3 aromatic rings. The van der Waals surface area contributed by atoms with Crippen LogP contribution in [0.1, 0.15) is 16.2 Å². The van der Waals surface area contributed by atoms with Crippen molar-refractivity contribution >= 4 is 23.2 Å². The highest BCUT2D eigenvalue weighted by Gasteiger charge is 2.13. The van der Waals surface area contributed by atoms with E-state index in [1.165, 1.54) is 6.33 Å². The molecule has 0 radical (unpaired) electrons. The molecule has 0 spiro atoms. The van der Waals surface area contributed by atoms with Crippen molar-refractivity contribution in [2.24, 2.45) is 0 Å². The van der Waals surface area contributed by atoms with E-state index in [4.69, 9.17) is 4.52 Å². The Morgan fingerprint density at radius 3 is 2.65 bits per heavy atom. The Labute approximate surface area is 133 Å². The van der Waals surface area contributed by atoms with Crippen LogP contribution in [0.15, 0.2) is 53.3 Å². The summed E-state index contributed by atoms with van der Waals surface area (Å²) in [6.45, 7) is 1.75. The van der Waals surface area contributed by atoms with Gasteiger partial charge in [0.15, 0.2) is 5.82 Å². The molecule has 7 nitrogen and oxygen atoms in total. The standard InChI is InChI=1S/C16H15N5O2/c1-11-8-14(20-23-11)19-16(22)13-9-15(18-10-17-13)21(2)12-6-4-3-5-7-12/h3-10H,1-2H3,(H,19,20,22). The SMILES string of the molecule is Cc1cc(NC(=O)c2cc(N(C)c3ccccc3)ncn2)no1. The van der Waals surface area contributed by atoms with Crippen LogP contribution in [-0.4, -0.2) is 28.1 Å². The summed E-state index contributed by atoms with van der Waals surface area (Å²) >= 11 is 0. The topological polar surface area (TPSA) is 84.2 Å².